The second-order valence-electron chi connectivity index (χ2n) is 4.05. The lowest BCUT2D eigenvalue weighted by Crippen LogP contribution is -2.15. The second kappa shape index (κ2) is 4.81. The van der Waals surface area contributed by atoms with Crippen LogP contribution in [0.5, 0.6) is 0 Å². The molecule has 2 aromatic rings. The normalized spacial score (nSPS) is 10.4. The van der Waals surface area contributed by atoms with E-state index >= 15 is 0 Å². The van der Waals surface area contributed by atoms with Crippen LogP contribution in [-0.4, -0.2) is 15.9 Å². The zero-order chi connectivity index (χ0) is 13.3. The lowest BCUT2D eigenvalue weighted by Gasteiger charge is -2.10. The molecule has 0 aliphatic carbocycles. The molecule has 94 valence electrons. The van der Waals surface area contributed by atoms with Gasteiger partial charge in [0.15, 0.2) is 0 Å². The van der Waals surface area contributed by atoms with Crippen LogP contribution in [-0.2, 0) is 0 Å². The molecule has 1 aromatic heterocycles. The molecule has 1 heterocycles. The van der Waals surface area contributed by atoms with Gasteiger partial charge in [-0.3, -0.25) is 4.79 Å². The SMILES string of the molecule is Cc1cc(C)c(NC(=O)c2c[nH]c(=O)[nH]2)c(Br)c1. The third kappa shape index (κ3) is 2.53. The molecule has 5 nitrogen and oxygen atoms in total. The summed E-state index contributed by atoms with van der Waals surface area (Å²) < 4.78 is 0.811. The first-order valence-electron chi connectivity index (χ1n) is 5.33. The number of carbonyl (C=O) groups excluding carboxylic acids is 1. The number of imidazole rings is 1. The van der Waals surface area contributed by atoms with Crippen LogP contribution in [0.4, 0.5) is 5.69 Å². The molecule has 0 saturated heterocycles. The van der Waals surface area contributed by atoms with Crippen LogP contribution in [0, 0.1) is 13.8 Å². The standard InChI is InChI=1S/C12H12BrN3O2/c1-6-3-7(2)10(8(13)4-6)16-11(17)9-5-14-12(18)15-9/h3-5H,1-2H3,(H,16,17)(H2,14,15,18). The highest BCUT2D eigenvalue weighted by Crippen LogP contribution is 2.27. The van der Waals surface area contributed by atoms with E-state index in [1.54, 1.807) is 0 Å². The average molecular weight is 310 g/mol. The van der Waals surface area contributed by atoms with Crippen LogP contribution in [0.1, 0.15) is 21.6 Å². The fourth-order valence-corrected chi connectivity index (χ4v) is 2.48. The van der Waals surface area contributed by atoms with Crippen LogP contribution < -0.4 is 11.0 Å². The molecule has 0 unspecified atom stereocenters. The largest absolute Gasteiger partial charge is 0.323 e. The number of halogens is 1. The monoisotopic (exact) mass is 309 g/mol. The minimum atomic E-state index is -0.403. The van der Waals surface area contributed by atoms with Crippen LogP contribution in [0.15, 0.2) is 27.6 Å². The Balaban J connectivity index is 2.30. The number of aromatic amines is 2. The first kappa shape index (κ1) is 12.6. The molecular formula is C12H12BrN3O2. The first-order valence-corrected chi connectivity index (χ1v) is 6.12. The van der Waals surface area contributed by atoms with Crippen LogP contribution in [0.2, 0.25) is 0 Å². The number of anilines is 1. The van der Waals surface area contributed by atoms with Gasteiger partial charge in [0.2, 0.25) is 0 Å². The number of benzene rings is 1. The van der Waals surface area contributed by atoms with Crippen molar-refractivity contribution in [1.29, 1.82) is 0 Å². The van der Waals surface area contributed by atoms with Gasteiger partial charge in [0.25, 0.3) is 5.91 Å². The summed E-state index contributed by atoms with van der Waals surface area (Å²) in [5.41, 5.74) is 2.56. The molecule has 3 N–H and O–H groups in total. The van der Waals surface area contributed by atoms with Crippen molar-refractivity contribution in [2.24, 2.45) is 0 Å². The summed E-state index contributed by atoms with van der Waals surface area (Å²) in [4.78, 5) is 27.6. The summed E-state index contributed by atoms with van der Waals surface area (Å²) in [7, 11) is 0. The maximum absolute atomic E-state index is 11.9. The third-order valence-corrected chi connectivity index (χ3v) is 3.14. The summed E-state index contributed by atoms with van der Waals surface area (Å²) in [6, 6.07) is 3.89. The van der Waals surface area contributed by atoms with Crippen LogP contribution >= 0.6 is 15.9 Å². The van der Waals surface area contributed by atoms with Crippen molar-refractivity contribution in [1.82, 2.24) is 9.97 Å². The minimum Gasteiger partial charge on any atom is -0.319 e. The number of carbonyl (C=O) groups is 1. The Kier molecular flexibility index (Phi) is 3.38. The zero-order valence-corrected chi connectivity index (χ0v) is 11.5. The molecule has 0 spiro atoms. The maximum atomic E-state index is 11.9. The van der Waals surface area contributed by atoms with Crippen molar-refractivity contribution < 1.29 is 4.79 Å². The number of hydrogen-bond acceptors (Lipinski definition) is 2. The molecule has 6 heteroatoms. The van der Waals surface area contributed by atoms with Crippen molar-refractivity contribution in [2.75, 3.05) is 5.32 Å². The quantitative estimate of drug-likeness (QED) is 0.796. The lowest BCUT2D eigenvalue weighted by molar-refractivity contribution is 0.102. The van der Waals surface area contributed by atoms with Crippen molar-refractivity contribution in [2.45, 2.75) is 13.8 Å². The van der Waals surface area contributed by atoms with Gasteiger partial charge in [-0.2, -0.15) is 0 Å². The van der Waals surface area contributed by atoms with Gasteiger partial charge in [-0.1, -0.05) is 6.07 Å². The molecule has 0 aliphatic heterocycles. The van der Waals surface area contributed by atoms with Gasteiger partial charge in [0.05, 0.1) is 5.69 Å². The van der Waals surface area contributed by atoms with Gasteiger partial charge in [-0.15, -0.1) is 0 Å². The predicted octanol–water partition coefficient (Wildman–Crippen LogP) is 2.33. The van der Waals surface area contributed by atoms with Crippen molar-refractivity contribution in [3.8, 4) is 0 Å². The molecule has 2 rings (SSSR count). The average Bonchev–Trinajstić information content (AvgIpc) is 2.70. The predicted molar refractivity (Wildman–Crippen MR) is 73.0 cm³/mol. The number of aryl methyl sites for hydroxylation is 2. The first-order chi connectivity index (χ1) is 8.47. The highest BCUT2D eigenvalue weighted by molar-refractivity contribution is 9.10. The molecule has 0 aliphatic rings. The van der Waals surface area contributed by atoms with Gasteiger partial charge in [-0.25, -0.2) is 4.79 Å². The Bertz CT molecular complexity index is 634. The van der Waals surface area contributed by atoms with E-state index in [1.807, 2.05) is 26.0 Å². The summed E-state index contributed by atoms with van der Waals surface area (Å²) >= 11 is 3.41. The number of hydrogen-bond donors (Lipinski definition) is 3. The maximum Gasteiger partial charge on any atom is 0.323 e. The summed E-state index contributed by atoms with van der Waals surface area (Å²) in [6.45, 7) is 3.89. The Morgan fingerprint density at radius 3 is 2.61 bits per heavy atom. The smallest absolute Gasteiger partial charge is 0.319 e. The van der Waals surface area contributed by atoms with Crippen LogP contribution in [0.3, 0.4) is 0 Å². The third-order valence-electron chi connectivity index (χ3n) is 2.51. The Morgan fingerprint density at radius 2 is 2.06 bits per heavy atom. The number of amides is 1. The van der Waals surface area contributed by atoms with Gasteiger partial charge in [0.1, 0.15) is 5.69 Å². The van der Waals surface area contributed by atoms with E-state index in [2.05, 4.69) is 31.2 Å². The summed E-state index contributed by atoms with van der Waals surface area (Å²) in [6.07, 6.45) is 1.34. The number of nitrogens with one attached hydrogen (secondary N) is 3. The Hall–Kier alpha value is -1.82. The summed E-state index contributed by atoms with van der Waals surface area (Å²) in [5.74, 6) is -0.360. The molecule has 0 saturated carbocycles. The molecule has 0 fully saturated rings. The molecule has 0 bridgehead atoms. The van der Waals surface area contributed by atoms with Gasteiger partial charge < -0.3 is 15.3 Å². The fraction of sp³-hybridized carbons (Fsp3) is 0.167. The van der Waals surface area contributed by atoms with E-state index in [0.717, 1.165) is 15.6 Å². The van der Waals surface area contributed by atoms with Gasteiger partial charge in [0, 0.05) is 10.7 Å². The van der Waals surface area contributed by atoms with E-state index in [4.69, 9.17) is 0 Å². The number of H-pyrrole nitrogens is 2. The van der Waals surface area contributed by atoms with E-state index in [-0.39, 0.29) is 11.6 Å². The van der Waals surface area contributed by atoms with Crippen molar-refractivity contribution >= 4 is 27.5 Å². The van der Waals surface area contributed by atoms with E-state index in [0.29, 0.717) is 5.69 Å². The van der Waals surface area contributed by atoms with Gasteiger partial charge >= 0.3 is 5.69 Å². The Morgan fingerprint density at radius 1 is 1.33 bits per heavy atom. The van der Waals surface area contributed by atoms with E-state index < -0.39 is 5.69 Å². The summed E-state index contributed by atoms with van der Waals surface area (Å²) in [5, 5.41) is 2.76. The van der Waals surface area contributed by atoms with E-state index in [9.17, 15) is 9.59 Å². The topological polar surface area (TPSA) is 77.8 Å². The minimum absolute atomic E-state index is 0.201. The number of aromatic nitrogens is 2. The second-order valence-corrected chi connectivity index (χ2v) is 4.90. The molecule has 0 radical (unpaired) electrons. The molecule has 1 amide bonds. The van der Waals surface area contributed by atoms with E-state index in [1.165, 1.54) is 6.20 Å². The Labute approximate surface area is 112 Å². The zero-order valence-electron chi connectivity index (χ0n) is 9.93. The molecular weight excluding hydrogens is 298 g/mol. The van der Waals surface area contributed by atoms with Gasteiger partial charge in [-0.05, 0) is 47.0 Å². The number of rotatable bonds is 2. The highest BCUT2D eigenvalue weighted by atomic mass is 79.9. The van der Waals surface area contributed by atoms with Crippen LogP contribution in [0.25, 0.3) is 0 Å². The molecule has 18 heavy (non-hydrogen) atoms. The van der Waals surface area contributed by atoms with Crippen molar-refractivity contribution in [3.63, 3.8) is 0 Å². The molecule has 0 atom stereocenters. The fourth-order valence-electron chi connectivity index (χ4n) is 1.71. The lowest BCUT2D eigenvalue weighted by atomic mass is 10.1. The molecule has 1 aromatic carbocycles. The van der Waals surface area contributed by atoms with Crippen molar-refractivity contribution in [3.05, 3.63) is 50.1 Å². The highest BCUT2D eigenvalue weighted by Gasteiger charge is 2.12.